The number of rotatable bonds is 3. The van der Waals surface area contributed by atoms with Crippen molar-refractivity contribution in [3.63, 3.8) is 0 Å². The third kappa shape index (κ3) is 2.75. The van der Waals surface area contributed by atoms with Crippen molar-refractivity contribution < 1.29 is 4.79 Å². The van der Waals surface area contributed by atoms with Gasteiger partial charge in [0.1, 0.15) is 0 Å². The number of urea groups is 1. The first-order valence-corrected chi connectivity index (χ1v) is 7.35. The SMILES string of the molecule is C[C@@H](NC(=O)Nc1ccccc1)[C@H]1C[C@@H]2CC[C@@H]1C2. The van der Waals surface area contributed by atoms with E-state index in [0.29, 0.717) is 5.92 Å². The van der Waals surface area contributed by atoms with Crippen molar-refractivity contribution in [3.8, 4) is 0 Å². The lowest BCUT2D eigenvalue weighted by atomic mass is 9.84. The van der Waals surface area contributed by atoms with Crippen LogP contribution in [0.4, 0.5) is 10.5 Å². The molecule has 0 spiro atoms. The molecule has 19 heavy (non-hydrogen) atoms. The number of hydrogen-bond donors (Lipinski definition) is 2. The highest BCUT2D eigenvalue weighted by Crippen LogP contribution is 2.49. The van der Waals surface area contributed by atoms with Gasteiger partial charge in [0, 0.05) is 11.7 Å². The predicted octanol–water partition coefficient (Wildman–Crippen LogP) is 3.63. The van der Waals surface area contributed by atoms with Gasteiger partial charge in [0.15, 0.2) is 0 Å². The van der Waals surface area contributed by atoms with Gasteiger partial charge in [-0.25, -0.2) is 4.79 Å². The number of nitrogens with one attached hydrogen (secondary N) is 2. The van der Waals surface area contributed by atoms with Crippen LogP contribution in [0.2, 0.25) is 0 Å². The third-order valence-corrected chi connectivity index (χ3v) is 4.83. The van der Waals surface area contributed by atoms with E-state index in [-0.39, 0.29) is 12.1 Å². The van der Waals surface area contributed by atoms with Gasteiger partial charge < -0.3 is 10.6 Å². The van der Waals surface area contributed by atoms with Crippen molar-refractivity contribution in [3.05, 3.63) is 30.3 Å². The Morgan fingerprint density at radius 3 is 2.63 bits per heavy atom. The molecular formula is C16H22N2O. The summed E-state index contributed by atoms with van der Waals surface area (Å²) in [5, 5.41) is 6.00. The number of carbonyl (C=O) groups excluding carboxylic acids is 1. The van der Waals surface area contributed by atoms with Gasteiger partial charge in [0.05, 0.1) is 0 Å². The fraction of sp³-hybridized carbons (Fsp3) is 0.562. The van der Waals surface area contributed by atoms with Crippen molar-refractivity contribution in [2.75, 3.05) is 5.32 Å². The van der Waals surface area contributed by atoms with Crippen LogP contribution in [-0.2, 0) is 0 Å². The van der Waals surface area contributed by atoms with E-state index in [0.717, 1.165) is 17.5 Å². The molecular weight excluding hydrogens is 236 g/mol. The zero-order valence-corrected chi connectivity index (χ0v) is 11.4. The average Bonchev–Trinajstić information content (AvgIpc) is 3.02. The Morgan fingerprint density at radius 2 is 2.00 bits per heavy atom. The van der Waals surface area contributed by atoms with Crippen molar-refractivity contribution in [1.82, 2.24) is 5.32 Å². The predicted molar refractivity (Wildman–Crippen MR) is 77.0 cm³/mol. The Labute approximate surface area is 114 Å². The number of hydrogen-bond acceptors (Lipinski definition) is 1. The van der Waals surface area contributed by atoms with Gasteiger partial charge in [-0.1, -0.05) is 24.6 Å². The minimum absolute atomic E-state index is 0.0820. The Morgan fingerprint density at radius 1 is 1.21 bits per heavy atom. The molecule has 102 valence electrons. The van der Waals surface area contributed by atoms with Crippen LogP contribution in [0.15, 0.2) is 30.3 Å². The van der Waals surface area contributed by atoms with Crippen LogP contribution >= 0.6 is 0 Å². The van der Waals surface area contributed by atoms with Gasteiger partial charge >= 0.3 is 6.03 Å². The van der Waals surface area contributed by atoms with E-state index in [1.54, 1.807) is 0 Å². The summed E-state index contributed by atoms with van der Waals surface area (Å²) in [5.74, 6) is 2.45. The third-order valence-electron chi connectivity index (χ3n) is 4.83. The van der Waals surface area contributed by atoms with Gasteiger partial charge in [-0.3, -0.25) is 0 Å². The number of fused-ring (bicyclic) bond motifs is 2. The van der Waals surface area contributed by atoms with Crippen LogP contribution in [0.5, 0.6) is 0 Å². The molecule has 0 unspecified atom stereocenters. The van der Waals surface area contributed by atoms with E-state index in [4.69, 9.17) is 0 Å². The molecule has 0 aliphatic heterocycles. The summed E-state index contributed by atoms with van der Waals surface area (Å²) in [6, 6.07) is 9.80. The normalized spacial score (nSPS) is 30.1. The number of anilines is 1. The van der Waals surface area contributed by atoms with Gasteiger partial charge in [0.25, 0.3) is 0 Å². The van der Waals surface area contributed by atoms with Crippen LogP contribution < -0.4 is 10.6 Å². The maximum Gasteiger partial charge on any atom is 0.319 e. The summed E-state index contributed by atoms with van der Waals surface area (Å²) >= 11 is 0. The second-order valence-electron chi connectivity index (χ2n) is 6.09. The molecule has 2 N–H and O–H groups in total. The number of amides is 2. The maximum atomic E-state index is 12.0. The Balaban J connectivity index is 1.52. The van der Waals surface area contributed by atoms with Crippen LogP contribution in [-0.4, -0.2) is 12.1 Å². The molecule has 2 aliphatic rings. The van der Waals surface area contributed by atoms with E-state index in [1.807, 2.05) is 30.3 Å². The number of carbonyl (C=O) groups is 1. The van der Waals surface area contributed by atoms with Gasteiger partial charge in [0.2, 0.25) is 0 Å². The molecule has 3 nitrogen and oxygen atoms in total. The van der Waals surface area contributed by atoms with Crippen LogP contribution in [0, 0.1) is 17.8 Å². The van der Waals surface area contributed by atoms with E-state index >= 15 is 0 Å². The molecule has 0 saturated heterocycles. The second-order valence-corrected chi connectivity index (χ2v) is 6.09. The smallest absolute Gasteiger partial charge is 0.319 e. The zero-order valence-electron chi connectivity index (χ0n) is 11.4. The summed E-state index contributed by atoms with van der Waals surface area (Å²) < 4.78 is 0. The molecule has 3 heteroatoms. The quantitative estimate of drug-likeness (QED) is 0.854. The molecule has 2 fully saturated rings. The summed E-state index contributed by atoms with van der Waals surface area (Å²) in [4.78, 5) is 12.0. The molecule has 2 amide bonds. The molecule has 3 rings (SSSR count). The highest BCUT2D eigenvalue weighted by molar-refractivity contribution is 5.89. The molecule has 2 aliphatic carbocycles. The van der Waals surface area contributed by atoms with Crippen molar-refractivity contribution >= 4 is 11.7 Å². The molecule has 1 aromatic carbocycles. The van der Waals surface area contributed by atoms with E-state index < -0.39 is 0 Å². The molecule has 1 aromatic rings. The molecule has 2 saturated carbocycles. The monoisotopic (exact) mass is 258 g/mol. The van der Waals surface area contributed by atoms with E-state index in [2.05, 4.69) is 17.6 Å². The second kappa shape index (κ2) is 5.24. The molecule has 2 bridgehead atoms. The fourth-order valence-corrected chi connectivity index (χ4v) is 3.91. The maximum absolute atomic E-state index is 12.0. The largest absolute Gasteiger partial charge is 0.335 e. The highest BCUT2D eigenvalue weighted by Gasteiger charge is 2.42. The lowest BCUT2D eigenvalue weighted by molar-refractivity contribution is 0.230. The minimum atomic E-state index is -0.0820. The Bertz CT molecular complexity index is 445. The highest BCUT2D eigenvalue weighted by atomic mass is 16.2. The average molecular weight is 258 g/mol. The lowest BCUT2D eigenvalue weighted by Crippen LogP contribution is -2.42. The van der Waals surface area contributed by atoms with E-state index in [1.165, 1.54) is 25.7 Å². The number of para-hydroxylation sites is 1. The van der Waals surface area contributed by atoms with E-state index in [9.17, 15) is 4.79 Å². The van der Waals surface area contributed by atoms with Crippen molar-refractivity contribution in [1.29, 1.82) is 0 Å². The summed E-state index contributed by atoms with van der Waals surface area (Å²) in [5.41, 5.74) is 0.847. The topological polar surface area (TPSA) is 41.1 Å². The molecule has 0 radical (unpaired) electrons. The first-order chi connectivity index (χ1) is 9.22. The van der Waals surface area contributed by atoms with Crippen LogP contribution in [0.3, 0.4) is 0 Å². The summed E-state index contributed by atoms with van der Waals surface area (Å²) in [7, 11) is 0. The van der Waals surface area contributed by atoms with Gasteiger partial charge in [-0.15, -0.1) is 0 Å². The lowest BCUT2D eigenvalue weighted by Gasteiger charge is -2.28. The van der Waals surface area contributed by atoms with Gasteiger partial charge in [-0.05, 0) is 56.1 Å². The Hall–Kier alpha value is -1.51. The minimum Gasteiger partial charge on any atom is -0.335 e. The first-order valence-electron chi connectivity index (χ1n) is 7.35. The molecule has 0 aromatic heterocycles. The zero-order chi connectivity index (χ0) is 13.2. The number of benzene rings is 1. The summed E-state index contributed by atoms with van der Waals surface area (Å²) in [6.07, 6.45) is 5.46. The molecule has 4 atom stereocenters. The van der Waals surface area contributed by atoms with Crippen molar-refractivity contribution in [2.24, 2.45) is 17.8 Å². The molecule has 0 heterocycles. The summed E-state index contributed by atoms with van der Waals surface area (Å²) in [6.45, 7) is 2.15. The van der Waals surface area contributed by atoms with Crippen LogP contribution in [0.25, 0.3) is 0 Å². The first kappa shape index (κ1) is 12.5. The van der Waals surface area contributed by atoms with Crippen molar-refractivity contribution in [2.45, 2.75) is 38.6 Å². The fourth-order valence-electron chi connectivity index (χ4n) is 3.91. The Kier molecular flexibility index (Phi) is 3.45. The van der Waals surface area contributed by atoms with Crippen LogP contribution in [0.1, 0.15) is 32.6 Å². The van der Waals surface area contributed by atoms with Gasteiger partial charge in [-0.2, -0.15) is 0 Å². The standard InChI is InChI=1S/C16H22N2O/c1-11(15-10-12-7-8-13(15)9-12)17-16(19)18-14-5-3-2-4-6-14/h2-6,11-13,15H,7-10H2,1H3,(H2,17,18,19)/t11-,12-,13-,15-/m1/s1.